The van der Waals surface area contributed by atoms with E-state index < -0.39 is 18.5 Å². The number of nitriles is 1. The van der Waals surface area contributed by atoms with E-state index in [1.807, 2.05) is 37.4 Å². The van der Waals surface area contributed by atoms with Crippen molar-refractivity contribution in [1.82, 2.24) is 9.78 Å². The molecule has 2 aromatic carbocycles. The first-order valence-electron chi connectivity index (χ1n) is 9.65. The maximum atomic E-state index is 12.7. The van der Waals surface area contributed by atoms with E-state index in [0.29, 0.717) is 22.8 Å². The summed E-state index contributed by atoms with van der Waals surface area (Å²) in [4.78, 5) is 26.5. The van der Waals surface area contributed by atoms with E-state index >= 15 is 0 Å². The summed E-state index contributed by atoms with van der Waals surface area (Å²) >= 11 is 6.06. The summed E-state index contributed by atoms with van der Waals surface area (Å²) in [7, 11) is 0. The highest BCUT2D eigenvalue weighted by Crippen LogP contribution is 2.23. The van der Waals surface area contributed by atoms with Crippen molar-refractivity contribution >= 4 is 29.2 Å². The molecule has 0 fully saturated rings. The number of nitrogens with zero attached hydrogens (tertiary/aromatic N) is 4. The first kappa shape index (κ1) is 22.1. The number of carbonyl (C=O) groups is 2. The van der Waals surface area contributed by atoms with Gasteiger partial charge in [0.05, 0.1) is 24.6 Å². The molecule has 0 saturated heterocycles. The van der Waals surface area contributed by atoms with Crippen LogP contribution in [0.2, 0.25) is 5.02 Å². The zero-order chi connectivity index (χ0) is 22.2. The molecule has 0 radical (unpaired) electrons. The summed E-state index contributed by atoms with van der Waals surface area (Å²) in [5, 5.41) is 13.6. The molecule has 1 amide bonds. The predicted molar refractivity (Wildman–Crippen MR) is 117 cm³/mol. The lowest BCUT2D eigenvalue weighted by Crippen LogP contribution is -2.35. The second-order valence-corrected chi connectivity index (χ2v) is 7.27. The van der Waals surface area contributed by atoms with Crippen molar-refractivity contribution in [2.45, 2.75) is 19.9 Å². The SMILES string of the molecule is Cc1cc(N(CCC#N)C(=O)COC(=O)c2ccc(Cn3cccn3)cc2)ccc1Cl. The number of anilines is 1. The van der Waals surface area contributed by atoms with Crippen molar-refractivity contribution in [2.24, 2.45) is 0 Å². The molecule has 3 rings (SSSR count). The van der Waals surface area contributed by atoms with Gasteiger partial charge in [0.1, 0.15) is 0 Å². The third-order valence-corrected chi connectivity index (χ3v) is 5.05. The number of halogens is 1. The zero-order valence-electron chi connectivity index (χ0n) is 17.0. The fourth-order valence-electron chi connectivity index (χ4n) is 2.97. The smallest absolute Gasteiger partial charge is 0.338 e. The Kier molecular flexibility index (Phi) is 7.41. The van der Waals surface area contributed by atoms with E-state index in [-0.39, 0.29) is 13.0 Å². The van der Waals surface area contributed by atoms with E-state index in [1.165, 1.54) is 4.90 Å². The number of carbonyl (C=O) groups excluding carboxylic acids is 2. The number of hydrogen-bond acceptors (Lipinski definition) is 5. The van der Waals surface area contributed by atoms with E-state index in [0.717, 1.165) is 11.1 Å². The van der Waals surface area contributed by atoms with Gasteiger partial charge in [-0.2, -0.15) is 10.4 Å². The Bertz CT molecular complexity index is 1090. The lowest BCUT2D eigenvalue weighted by atomic mass is 10.1. The summed E-state index contributed by atoms with van der Waals surface area (Å²) in [5.41, 5.74) is 2.74. The molecule has 0 unspecified atom stereocenters. The second-order valence-electron chi connectivity index (χ2n) is 6.86. The topological polar surface area (TPSA) is 88.2 Å². The summed E-state index contributed by atoms with van der Waals surface area (Å²) in [6, 6.07) is 16.0. The van der Waals surface area contributed by atoms with Gasteiger partial charge in [-0.15, -0.1) is 0 Å². The van der Waals surface area contributed by atoms with Crippen LogP contribution in [-0.2, 0) is 16.1 Å². The minimum Gasteiger partial charge on any atom is -0.452 e. The highest BCUT2D eigenvalue weighted by Gasteiger charge is 2.19. The van der Waals surface area contributed by atoms with Crippen LogP contribution >= 0.6 is 11.6 Å². The maximum absolute atomic E-state index is 12.7. The van der Waals surface area contributed by atoms with Crippen LogP contribution in [0.3, 0.4) is 0 Å². The Hall–Kier alpha value is -3.63. The lowest BCUT2D eigenvalue weighted by molar-refractivity contribution is -0.121. The van der Waals surface area contributed by atoms with Gasteiger partial charge in [0.2, 0.25) is 0 Å². The van der Waals surface area contributed by atoms with Gasteiger partial charge in [0.15, 0.2) is 6.61 Å². The number of aryl methyl sites for hydroxylation is 1. The van der Waals surface area contributed by atoms with Crippen LogP contribution in [0.25, 0.3) is 0 Å². The molecule has 0 N–H and O–H groups in total. The molecule has 3 aromatic rings. The monoisotopic (exact) mass is 436 g/mol. The average molecular weight is 437 g/mol. The number of esters is 1. The average Bonchev–Trinajstić information content (AvgIpc) is 3.28. The van der Waals surface area contributed by atoms with Crippen molar-refractivity contribution in [1.29, 1.82) is 5.26 Å². The molecule has 0 aliphatic carbocycles. The molecule has 0 bridgehead atoms. The highest BCUT2D eigenvalue weighted by atomic mass is 35.5. The maximum Gasteiger partial charge on any atom is 0.338 e. The van der Waals surface area contributed by atoms with Crippen LogP contribution < -0.4 is 4.90 Å². The van der Waals surface area contributed by atoms with Crippen molar-refractivity contribution in [3.63, 3.8) is 0 Å². The highest BCUT2D eigenvalue weighted by molar-refractivity contribution is 6.31. The molecular weight excluding hydrogens is 416 g/mol. The zero-order valence-corrected chi connectivity index (χ0v) is 17.7. The second kappa shape index (κ2) is 10.4. The van der Waals surface area contributed by atoms with Crippen LogP contribution in [0.1, 0.15) is 27.9 Å². The molecule has 1 aromatic heterocycles. The number of benzene rings is 2. The van der Waals surface area contributed by atoms with Crippen molar-refractivity contribution in [3.8, 4) is 6.07 Å². The van der Waals surface area contributed by atoms with Crippen molar-refractivity contribution in [3.05, 3.63) is 82.6 Å². The Morgan fingerprint density at radius 2 is 2.00 bits per heavy atom. The Labute approximate surface area is 185 Å². The van der Waals surface area contributed by atoms with Gasteiger partial charge in [-0.25, -0.2) is 4.79 Å². The van der Waals surface area contributed by atoms with Crippen LogP contribution in [0, 0.1) is 18.3 Å². The standard InChI is InChI=1S/C23H21ClN4O3/c1-17-14-20(8-9-21(17)24)28(13-2-10-25)22(29)16-31-23(30)19-6-4-18(5-7-19)15-27-12-3-11-26-27/h3-9,11-12,14H,2,13,15-16H2,1H3. The summed E-state index contributed by atoms with van der Waals surface area (Å²) in [5.74, 6) is -1.01. The minimum absolute atomic E-state index is 0.152. The van der Waals surface area contributed by atoms with Crippen LogP contribution in [0.5, 0.6) is 0 Å². The third kappa shape index (κ3) is 5.93. The van der Waals surface area contributed by atoms with Gasteiger partial charge < -0.3 is 9.64 Å². The molecular formula is C23H21ClN4O3. The van der Waals surface area contributed by atoms with E-state index in [9.17, 15) is 9.59 Å². The normalized spacial score (nSPS) is 10.4. The van der Waals surface area contributed by atoms with Gasteiger partial charge in [0.25, 0.3) is 5.91 Å². The molecule has 0 aliphatic heterocycles. The van der Waals surface area contributed by atoms with Gasteiger partial charge in [-0.1, -0.05) is 23.7 Å². The van der Waals surface area contributed by atoms with Crippen LogP contribution in [0.4, 0.5) is 5.69 Å². The quantitative estimate of drug-likeness (QED) is 0.498. The van der Waals surface area contributed by atoms with E-state index in [2.05, 4.69) is 5.10 Å². The molecule has 158 valence electrons. The fourth-order valence-corrected chi connectivity index (χ4v) is 3.09. The summed E-state index contributed by atoms with van der Waals surface area (Å²) in [6.45, 7) is 2.18. The van der Waals surface area contributed by atoms with Crippen LogP contribution in [0.15, 0.2) is 60.9 Å². The van der Waals surface area contributed by atoms with Crippen LogP contribution in [-0.4, -0.2) is 34.8 Å². The number of aromatic nitrogens is 2. The first-order valence-corrected chi connectivity index (χ1v) is 10.0. The lowest BCUT2D eigenvalue weighted by Gasteiger charge is -2.22. The minimum atomic E-state index is -0.591. The largest absolute Gasteiger partial charge is 0.452 e. The first-order chi connectivity index (χ1) is 15.0. The molecule has 0 saturated carbocycles. The van der Waals surface area contributed by atoms with E-state index in [4.69, 9.17) is 21.6 Å². The molecule has 0 spiro atoms. The Morgan fingerprint density at radius 1 is 1.23 bits per heavy atom. The van der Waals surface area contributed by atoms with Crippen molar-refractivity contribution in [2.75, 3.05) is 18.1 Å². The number of amides is 1. The molecule has 0 aliphatic rings. The number of ether oxygens (including phenoxy) is 1. The molecule has 7 nitrogen and oxygen atoms in total. The Morgan fingerprint density at radius 3 is 2.65 bits per heavy atom. The molecule has 8 heteroatoms. The summed E-state index contributed by atoms with van der Waals surface area (Å²) < 4.78 is 6.99. The molecule has 0 atom stereocenters. The summed E-state index contributed by atoms with van der Waals surface area (Å²) in [6.07, 6.45) is 3.71. The third-order valence-electron chi connectivity index (χ3n) is 4.62. The fraction of sp³-hybridized carbons (Fsp3) is 0.217. The molecule has 31 heavy (non-hydrogen) atoms. The Balaban J connectivity index is 1.62. The van der Waals surface area contributed by atoms with Gasteiger partial charge >= 0.3 is 5.97 Å². The number of hydrogen-bond donors (Lipinski definition) is 0. The van der Waals surface area contributed by atoms with Gasteiger partial charge in [-0.05, 0) is 54.4 Å². The number of rotatable bonds is 8. The predicted octanol–water partition coefficient (Wildman–Crippen LogP) is 4.00. The van der Waals surface area contributed by atoms with Crippen molar-refractivity contribution < 1.29 is 14.3 Å². The van der Waals surface area contributed by atoms with Gasteiger partial charge in [-0.3, -0.25) is 9.48 Å². The van der Waals surface area contributed by atoms with Gasteiger partial charge in [0, 0.05) is 29.6 Å². The van der Waals surface area contributed by atoms with E-state index in [1.54, 1.807) is 41.2 Å². The molecule has 1 heterocycles.